The molecule has 0 aromatic carbocycles. The molecular formula is C13H26N2O. The summed E-state index contributed by atoms with van der Waals surface area (Å²) >= 11 is 0. The summed E-state index contributed by atoms with van der Waals surface area (Å²) < 4.78 is 0. The average molecular weight is 226 g/mol. The lowest BCUT2D eigenvalue weighted by Gasteiger charge is -2.28. The topological polar surface area (TPSA) is 46.3 Å². The van der Waals surface area contributed by atoms with Crippen molar-refractivity contribution in [2.75, 3.05) is 20.1 Å². The molecule has 0 saturated heterocycles. The zero-order valence-electron chi connectivity index (χ0n) is 10.7. The van der Waals surface area contributed by atoms with Gasteiger partial charge in [0.15, 0.2) is 0 Å². The Balaban J connectivity index is 2.32. The number of carbonyl (C=O) groups is 1. The van der Waals surface area contributed by atoms with E-state index < -0.39 is 0 Å². The van der Waals surface area contributed by atoms with E-state index in [1.54, 1.807) is 0 Å². The zero-order valence-corrected chi connectivity index (χ0v) is 10.7. The monoisotopic (exact) mass is 226 g/mol. The fraction of sp³-hybridized carbons (Fsp3) is 0.923. The van der Waals surface area contributed by atoms with Gasteiger partial charge in [-0.2, -0.15) is 0 Å². The summed E-state index contributed by atoms with van der Waals surface area (Å²) in [6.45, 7) is 3.52. The van der Waals surface area contributed by atoms with Gasteiger partial charge in [0.2, 0.25) is 5.91 Å². The molecule has 94 valence electrons. The van der Waals surface area contributed by atoms with Crippen molar-refractivity contribution in [2.45, 2.75) is 45.4 Å². The molecule has 1 rings (SSSR count). The van der Waals surface area contributed by atoms with E-state index in [1.165, 1.54) is 32.1 Å². The van der Waals surface area contributed by atoms with E-state index >= 15 is 0 Å². The van der Waals surface area contributed by atoms with Crippen molar-refractivity contribution >= 4 is 5.91 Å². The Morgan fingerprint density at radius 2 is 2.00 bits per heavy atom. The summed E-state index contributed by atoms with van der Waals surface area (Å²) in [5.41, 5.74) is 5.48. The minimum absolute atomic E-state index is 0.0820. The molecule has 1 aliphatic carbocycles. The van der Waals surface area contributed by atoms with Crippen LogP contribution >= 0.6 is 0 Å². The Kier molecular flexibility index (Phi) is 5.81. The maximum absolute atomic E-state index is 12.0. The molecule has 1 amide bonds. The first-order chi connectivity index (χ1) is 7.65. The van der Waals surface area contributed by atoms with Crippen LogP contribution in [-0.4, -0.2) is 30.9 Å². The standard InChI is InChI=1S/C13H26N2O/c1-11(8-9-14)13(16)15(2)10-12-6-4-3-5-7-12/h11-12H,3-10,14H2,1-2H3. The number of nitrogens with two attached hydrogens (primary N) is 1. The van der Waals surface area contributed by atoms with Crippen molar-refractivity contribution in [1.82, 2.24) is 4.90 Å². The third kappa shape index (κ3) is 4.12. The van der Waals surface area contributed by atoms with E-state index in [-0.39, 0.29) is 11.8 Å². The Hall–Kier alpha value is -0.570. The summed E-state index contributed by atoms with van der Waals surface area (Å²) in [4.78, 5) is 13.9. The van der Waals surface area contributed by atoms with Gasteiger partial charge < -0.3 is 10.6 Å². The first-order valence-electron chi connectivity index (χ1n) is 6.60. The van der Waals surface area contributed by atoms with E-state index in [9.17, 15) is 4.79 Å². The molecule has 1 saturated carbocycles. The Morgan fingerprint density at radius 1 is 1.38 bits per heavy atom. The lowest BCUT2D eigenvalue weighted by Crippen LogP contribution is -2.36. The molecule has 0 heterocycles. The molecule has 0 aromatic heterocycles. The highest BCUT2D eigenvalue weighted by Gasteiger charge is 2.21. The summed E-state index contributed by atoms with van der Waals surface area (Å²) in [7, 11) is 1.93. The second kappa shape index (κ2) is 6.89. The van der Waals surface area contributed by atoms with E-state index in [2.05, 4.69) is 0 Å². The lowest BCUT2D eigenvalue weighted by atomic mass is 9.89. The van der Waals surface area contributed by atoms with E-state index in [0.29, 0.717) is 6.54 Å². The molecule has 0 aromatic rings. The molecule has 16 heavy (non-hydrogen) atoms. The van der Waals surface area contributed by atoms with Crippen molar-refractivity contribution in [3.05, 3.63) is 0 Å². The average Bonchev–Trinajstić information content (AvgIpc) is 2.29. The summed E-state index contributed by atoms with van der Waals surface area (Å²) in [5.74, 6) is 1.07. The van der Waals surface area contributed by atoms with Gasteiger partial charge >= 0.3 is 0 Å². The number of amides is 1. The lowest BCUT2D eigenvalue weighted by molar-refractivity contribution is -0.134. The van der Waals surface area contributed by atoms with E-state index in [4.69, 9.17) is 5.73 Å². The van der Waals surface area contributed by atoms with Crippen LogP contribution in [0.4, 0.5) is 0 Å². The number of hydrogen-bond acceptors (Lipinski definition) is 2. The highest BCUT2D eigenvalue weighted by Crippen LogP contribution is 2.24. The second-order valence-corrected chi connectivity index (χ2v) is 5.20. The van der Waals surface area contributed by atoms with Crippen LogP contribution in [0, 0.1) is 11.8 Å². The Bertz CT molecular complexity index is 212. The minimum Gasteiger partial charge on any atom is -0.345 e. The van der Waals surface area contributed by atoms with Crippen molar-refractivity contribution < 1.29 is 4.79 Å². The predicted molar refractivity (Wildman–Crippen MR) is 67.0 cm³/mol. The van der Waals surface area contributed by atoms with Crippen LogP contribution < -0.4 is 5.73 Å². The van der Waals surface area contributed by atoms with E-state index in [1.807, 2.05) is 18.9 Å². The normalized spacial score (nSPS) is 19.4. The molecule has 1 aliphatic rings. The number of hydrogen-bond donors (Lipinski definition) is 1. The zero-order chi connectivity index (χ0) is 12.0. The first kappa shape index (κ1) is 13.5. The summed E-state index contributed by atoms with van der Waals surface area (Å²) in [6, 6.07) is 0. The van der Waals surface area contributed by atoms with Crippen molar-refractivity contribution in [2.24, 2.45) is 17.6 Å². The molecular weight excluding hydrogens is 200 g/mol. The van der Waals surface area contributed by atoms with Crippen LogP contribution in [0.15, 0.2) is 0 Å². The fourth-order valence-corrected chi connectivity index (χ4v) is 2.60. The Labute approximate surface area is 99.4 Å². The van der Waals surface area contributed by atoms with Gasteiger partial charge in [0.1, 0.15) is 0 Å². The molecule has 0 spiro atoms. The highest BCUT2D eigenvalue weighted by atomic mass is 16.2. The van der Waals surface area contributed by atoms with Crippen molar-refractivity contribution in [1.29, 1.82) is 0 Å². The van der Waals surface area contributed by atoms with Gasteiger partial charge in [-0.05, 0) is 31.7 Å². The van der Waals surface area contributed by atoms with Crippen LogP contribution in [0.2, 0.25) is 0 Å². The van der Waals surface area contributed by atoms with Gasteiger partial charge in [0, 0.05) is 19.5 Å². The van der Waals surface area contributed by atoms with E-state index in [0.717, 1.165) is 18.9 Å². The maximum atomic E-state index is 12.0. The third-order valence-electron chi connectivity index (χ3n) is 3.65. The van der Waals surface area contributed by atoms with Gasteiger partial charge in [0.05, 0.1) is 0 Å². The number of carbonyl (C=O) groups excluding carboxylic acids is 1. The molecule has 2 N–H and O–H groups in total. The van der Waals surface area contributed by atoms with Crippen LogP contribution in [0.5, 0.6) is 0 Å². The molecule has 1 atom stereocenters. The Morgan fingerprint density at radius 3 is 2.56 bits per heavy atom. The van der Waals surface area contributed by atoms with Crippen molar-refractivity contribution in [3.63, 3.8) is 0 Å². The SMILES string of the molecule is CC(CCN)C(=O)N(C)CC1CCCCC1. The van der Waals surface area contributed by atoms with Gasteiger partial charge in [-0.25, -0.2) is 0 Å². The van der Waals surface area contributed by atoms with Crippen molar-refractivity contribution in [3.8, 4) is 0 Å². The number of rotatable bonds is 5. The molecule has 3 nitrogen and oxygen atoms in total. The maximum Gasteiger partial charge on any atom is 0.225 e. The molecule has 3 heteroatoms. The predicted octanol–water partition coefficient (Wildman–Crippen LogP) is 2.01. The largest absolute Gasteiger partial charge is 0.345 e. The quantitative estimate of drug-likeness (QED) is 0.779. The number of nitrogens with zero attached hydrogens (tertiary/aromatic N) is 1. The molecule has 0 radical (unpaired) electrons. The smallest absolute Gasteiger partial charge is 0.225 e. The molecule has 1 fully saturated rings. The van der Waals surface area contributed by atoms with Crippen LogP contribution in [0.25, 0.3) is 0 Å². The summed E-state index contributed by atoms with van der Waals surface area (Å²) in [5, 5.41) is 0. The fourth-order valence-electron chi connectivity index (χ4n) is 2.60. The van der Waals surface area contributed by atoms with Gasteiger partial charge in [-0.3, -0.25) is 4.79 Å². The highest BCUT2D eigenvalue weighted by molar-refractivity contribution is 5.78. The van der Waals surface area contributed by atoms with Gasteiger partial charge in [-0.1, -0.05) is 26.2 Å². The third-order valence-corrected chi connectivity index (χ3v) is 3.65. The van der Waals surface area contributed by atoms with Crippen LogP contribution in [0.1, 0.15) is 45.4 Å². The summed E-state index contributed by atoms with van der Waals surface area (Å²) in [6.07, 6.45) is 7.44. The van der Waals surface area contributed by atoms with Gasteiger partial charge in [-0.15, -0.1) is 0 Å². The minimum atomic E-state index is 0.0820. The molecule has 1 unspecified atom stereocenters. The first-order valence-corrected chi connectivity index (χ1v) is 6.60. The second-order valence-electron chi connectivity index (χ2n) is 5.20. The van der Waals surface area contributed by atoms with Crippen LogP contribution in [-0.2, 0) is 4.79 Å². The van der Waals surface area contributed by atoms with Crippen LogP contribution in [0.3, 0.4) is 0 Å². The molecule has 0 aliphatic heterocycles. The molecule has 0 bridgehead atoms. The van der Waals surface area contributed by atoms with Gasteiger partial charge in [0.25, 0.3) is 0 Å².